The smallest absolute Gasteiger partial charge is 0.248 e. The van der Waals surface area contributed by atoms with Gasteiger partial charge < -0.3 is 25.4 Å². The second-order valence-electron chi connectivity index (χ2n) is 7.38. The molecular formula is C22H25N3O4. The number of nitrogens with zero attached hydrogens (tertiary/aromatic N) is 1. The molecule has 2 aromatic rings. The number of nitrogens with one attached hydrogen (secondary N) is 1. The van der Waals surface area contributed by atoms with Crippen LogP contribution in [-0.4, -0.2) is 31.7 Å². The normalized spacial score (nSPS) is 15.2. The first kappa shape index (κ1) is 19.1. The summed E-state index contributed by atoms with van der Waals surface area (Å²) in [4.78, 5) is 26.5. The molecule has 2 amide bonds. The number of fused-ring (bicyclic) bond motifs is 1. The summed E-state index contributed by atoms with van der Waals surface area (Å²) in [6.45, 7) is 2.11. The molecule has 7 heteroatoms. The van der Waals surface area contributed by atoms with Crippen molar-refractivity contribution in [2.24, 2.45) is 5.73 Å². The van der Waals surface area contributed by atoms with E-state index in [1.165, 1.54) is 6.42 Å². The molecular weight excluding hydrogens is 370 g/mol. The van der Waals surface area contributed by atoms with E-state index in [4.69, 9.17) is 15.2 Å². The van der Waals surface area contributed by atoms with Gasteiger partial charge >= 0.3 is 0 Å². The van der Waals surface area contributed by atoms with Gasteiger partial charge in [0.25, 0.3) is 0 Å². The lowest BCUT2D eigenvalue weighted by atomic mass is 10.1. The number of amides is 2. The van der Waals surface area contributed by atoms with Crippen LogP contribution in [0.25, 0.3) is 0 Å². The Morgan fingerprint density at radius 1 is 1.00 bits per heavy atom. The average molecular weight is 395 g/mol. The lowest BCUT2D eigenvalue weighted by Crippen LogP contribution is -2.30. The first-order valence-electron chi connectivity index (χ1n) is 9.97. The van der Waals surface area contributed by atoms with Crippen molar-refractivity contribution in [2.75, 3.05) is 30.1 Å². The molecule has 2 aromatic carbocycles. The lowest BCUT2D eigenvalue weighted by Gasteiger charge is -2.30. The Labute approximate surface area is 169 Å². The highest BCUT2D eigenvalue weighted by molar-refractivity contribution is 5.99. The van der Waals surface area contributed by atoms with E-state index in [9.17, 15) is 9.59 Å². The molecule has 29 heavy (non-hydrogen) atoms. The number of hydrogen-bond acceptors (Lipinski definition) is 5. The quantitative estimate of drug-likeness (QED) is 0.784. The summed E-state index contributed by atoms with van der Waals surface area (Å²) in [5, 5.41) is 2.98. The van der Waals surface area contributed by atoms with Gasteiger partial charge in [-0.3, -0.25) is 9.59 Å². The van der Waals surface area contributed by atoms with Crippen molar-refractivity contribution in [1.82, 2.24) is 0 Å². The average Bonchev–Trinajstić information content (AvgIpc) is 3.20. The third-order valence-electron chi connectivity index (χ3n) is 5.33. The van der Waals surface area contributed by atoms with Crippen LogP contribution >= 0.6 is 0 Å². The minimum atomic E-state index is -0.508. The molecule has 2 aliphatic rings. The fourth-order valence-corrected chi connectivity index (χ4v) is 3.77. The van der Waals surface area contributed by atoms with Gasteiger partial charge in [-0.15, -0.1) is 0 Å². The Bertz CT molecular complexity index is 922. The number of benzene rings is 2. The van der Waals surface area contributed by atoms with Crippen LogP contribution in [0.3, 0.4) is 0 Å². The number of primary amides is 1. The van der Waals surface area contributed by atoms with Gasteiger partial charge in [-0.1, -0.05) is 6.07 Å². The number of carbonyl (C=O) groups is 2. The molecule has 0 bridgehead atoms. The highest BCUT2D eigenvalue weighted by atomic mass is 16.7. The summed E-state index contributed by atoms with van der Waals surface area (Å²) in [6, 6.07) is 11.0. The van der Waals surface area contributed by atoms with Gasteiger partial charge in [0.05, 0.1) is 11.4 Å². The van der Waals surface area contributed by atoms with Crippen LogP contribution in [-0.2, 0) is 11.2 Å². The van der Waals surface area contributed by atoms with E-state index in [2.05, 4.69) is 10.2 Å². The Hall–Kier alpha value is -3.22. The Morgan fingerprint density at radius 2 is 1.79 bits per heavy atom. The largest absolute Gasteiger partial charge is 0.454 e. The van der Waals surface area contributed by atoms with Crippen LogP contribution in [0.1, 0.15) is 41.6 Å². The highest BCUT2D eigenvalue weighted by Crippen LogP contribution is 2.33. The molecule has 1 saturated heterocycles. The molecule has 152 valence electrons. The monoisotopic (exact) mass is 395 g/mol. The van der Waals surface area contributed by atoms with Gasteiger partial charge in [0, 0.05) is 25.1 Å². The zero-order valence-corrected chi connectivity index (χ0v) is 16.3. The molecule has 0 spiro atoms. The van der Waals surface area contributed by atoms with E-state index in [1.807, 2.05) is 24.3 Å². The number of aryl methyl sites for hydroxylation is 1. The first-order valence-corrected chi connectivity index (χ1v) is 9.97. The van der Waals surface area contributed by atoms with Crippen molar-refractivity contribution in [2.45, 2.75) is 32.1 Å². The summed E-state index contributed by atoms with van der Waals surface area (Å²) in [5.74, 6) is 0.825. The van der Waals surface area contributed by atoms with Crippen molar-refractivity contribution in [3.63, 3.8) is 0 Å². The molecule has 4 rings (SSSR count). The summed E-state index contributed by atoms with van der Waals surface area (Å²) in [7, 11) is 0. The molecule has 2 heterocycles. The van der Waals surface area contributed by atoms with Crippen LogP contribution in [0.15, 0.2) is 36.4 Å². The van der Waals surface area contributed by atoms with E-state index < -0.39 is 5.91 Å². The van der Waals surface area contributed by atoms with Gasteiger partial charge in [-0.2, -0.15) is 0 Å². The van der Waals surface area contributed by atoms with Gasteiger partial charge in [0.15, 0.2) is 11.5 Å². The van der Waals surface area contributed by atoms with Crippen LogP contribution in [0.4, 0.5) is 11.4 Å². The molecule has 0 unspecified atom stereocenters. The standard InChI is InChI=1S/C22H25N3O4/c23-22(27)16-6-7-18(25-10-2-1-3-11-25)17(13-16)24-21(26)9-5-15-4-8-19-20(12-15)29-14-28-19/h4,6-8,12-13H,1-3,5,9-11,14H2,(H2,23,27)(H,24,26). The number of carbonyl (C=O) groups excluding carboxylic acids is 2. The second-order valence-corrected chi connectivity index (χ2v) is 7.38. The maximum absolute atomic E-state index is 12.6. The number of nitrogens with two attached hydrogens (primary N) is 1. The molecule has 0 aliphatic carbocycles. The third kappa shape index (κ3) is 4.45. The maximum Gasteiger partial charge on any atom is 0.248 e. The van der Waals surface area contributed by atoms with E-state index in [1.54, 1.807) is 12.1 Å². The van der Waals surface area contributed by atoms with E-state index in [0.717, 1.165) is 42.9 Å². The van der Waals surface area contributed by atoms with E-state index in [0.29, 0.717) is 29.8 Å². The lowest BCUT2D eigenvalue weighted by molar-refractivity contribution is -0.116. The molecule has 0 radical (unpaired) electrons. The van der Waals surface area contributed by atoms with Crippen LogP contribution in [0.5, 0.6) is 11.5 Å². The third-order valence-corrected chi connectivity index (χ3v) is 5.33. The topological polar surface area (TPSA) is 93.9 Å². The summed E-state index contributed by atoms with van der Waals surface area (Å²) in [6.07, 6.45) is 4.36. The number of hydrogen-bond donors (Lipinski definition) is 2. The maximum atomic E-state index is 12.6. The van der Waals surface area contributed by atoms with Gasteiger partial charge in [-0.05, 0) is 61.6 Å². The minimum Gasteiger partial charge on any atom is -0.454 e. The zero-order valence-electron chi connectivity index (χ0n) is 16.3. The Morgan fingerprint density at radius 3 is 2.59 bits per heavy atom. The number of anilines is 2. The molecule has 2 aliphatic heterocycles. The predicted molar refractivity (Wildman–Crippen MR) is 111 cm³/mol. The molecule has 0 atom stereocenters. The predicted octanol–water partition coefficient (Wildman–Crippen LogP) is 3.08. The van der Waals surface area contributed by atoms with E-state index >= 15 is 0 Å². The van der Waals surface area contributed by atoms with Crippen molar-refractivity contribution < 1.29 is 19.1 Å². The fraction of sp³-hybridized carbons (Fsp3) is 0.364. The van der Waals surface area contributed by atoms with Crippen molar-refractivity contribution >= 4 is 23.2 Å². The molecule has 1 fully saturated rings. The van der Waals surface area contributed by atoms with Crippen molar-refractivity contribution in [1.29, 1.82) is 0 Å². The van der Waals surface area contributed by atoms with Gasteiger partial charge in [-0.25, -0.2) is 0 Å². The summed E-state index contributed by atoms with van der Waals surface area (Å²) in [5.41, 5.74) is 8.40. The second kappa shape index (κ2) is 8.43. The molecule has 7 nitrogen and oxygen atoms in total. The van der Waals surface area contributed by atoms with Crippen molar-refractivity contribution in [3.8, 4) is 11.5 Å². The number of ether oxygens (including phenoxy) is 2. The molecule has 3 N–H and O–H groups in total. The van der Waals surface area contributed by atoms with Gasteiger partial charge in [0.2, 0.25) is 18.6 Å². The summed E-state index contributed by atoms with van der Waals surface area (Å²) < 4.78 is 10.7. The summed E-state index contributed by atoms with van der Waals surface area (Å²) >= 11 is 0. The van der Waals surface area contributed by atoms with Crippen LogP contribution < -0.4 is 25.4 Å². The Kier molecular flexibility index (Phi) is 5.55. The van der Waals surface area contributed by atoms with Crippen molar-refractivity contribution in [3.05, 3.63) is 47.5 Å². The molecule has 0 aromatic heterocycles. The highest BCUT2D eigenvalue weighted by Gasteiger charge is 2.18. The van der Waals surface area contributed by atoms with Crippen LogP contribution in [0.2, 0.25) is 0 Å². The van der Waals surface area contributed by atoms with E-state index in [-0.39, 0.29) is 12.7 Å². The fourth-order valence-electron chi connectivity index (χ4n) is 3.77. The van der Waals surface area contributed by atoms with Gasteiger partial charge in [0.1, 0.15) is 0 Å². The number of rotatable bonds is 6. The number of piperidine rings is 1. The zero-order chi connectivity index (χ0) is 20.2. The SMILES string of the molecule is NC(=O)c1ccc(N2CCCCC2)c(NC(=O)CCc2ccc3c(c2)OCO3)c1. The first-order chi connectivity index (χ1) is 14.1. The Balaban J connectivity index is 1.45. The molecule has 0 saturated carbocycles. The van der Waals surface area contributed by atoms with Crippen LogP contribution in [0, 0.1) is 0 Å². The minimum absolute atomic E-state index is 0.109.